The molecule has 0 aromatic heterocycles. The molecule has 1 atom stereocenters. The van der Waals surface area contributed by atoms with E-state index in [0.717, 1.165) is 24.3 Å². The second-order valence-corrected chi connectivity index (χ2v) is 15.9. The molecule has 27 heteroatoms. The highest BCUT2D eigenvalue weighted by atomic mass is 19.4. The fourth-order valence-corrected chi connectivity index (χ4v) is 7.21. The van der Waals surface area contributed by atoms with Crippen LogP contribution in [0.5, 0.6) is 0 Å². The molecule has 0 aliphatic carbocycles. The van der Waals surface area contributed by atoms with Crippen molar-refractivity contribution in [1.29, 1.82) is 0 Å². The zero-order valence-corrected chi connectivity index (χ0v) is 36.5. The maximum absolute atomic E-state index is 14.6. The average molecular weight is 1040 g/mol. The maximum atomic E-state index is 14.6. The van der Waals surface area contributed by atoms with Crippen LogP contribution in [-0.2, 0) is 0 Å². The summed E-state index contributed by atoms with van der Waals surface area (Å²) in [6.07, 6.45) is -10.4. The molecule has 1 saturated heterocycles. The SMILES string of the molecule is CC.Cc1cc(/C=C/C(F)(F)C(F)(F)C(F)(F)C(F)(F)C(F)(F)C(C)(F)F)cc(C)c1N1CCN(c2c(C)cc(/C=C/C(F)(F)C(F)(F)C(F)(F)C(F)(F)C(F)(F)C(F)(F)F)cc2C)C1C(C)C. The Morgan fingerprint density at radius 2 is 0.676 bits per heavy atom. The molecule has 0 spiro atoms. The highest BCUT2D eigenvalue weighted by molar-refractivity contribution is 5.71. The first-order valence-corrected chi connectivity index (χ1v) is 19.4. The Morgan fingerprint density at radius 1 is 0.426 bits per heavy atom. The molecule has 1 unspecified atom stereocenters. The minimum absolute atomic E-state index is 0.0172. The van der Waals surface area contributed by atoms with E-state index in [0.29, 0.717) is 11.4 Å². The van der Waals surface area contributed by atoms with Gasteiger partial charge in [-0.1, -0.05) is 39.8 Å². The third-order valence-corrected chi connectivity index (χ3v) is 10.5. The van der Waals surface area contributed by atoms with E-state index in [9.17, 15) is 110 Å². The molecule has 0 radical (unpaired) electrons. The highest BCUT2D eigenvalue weighted by Crippen LogP contribution is 2.62. The van der Waals surface area contributed by atoms with Crippen molar-refractivity contribution in [1.82, 2.24) is 0 Å². The van der Waals surface area contributed by atoms with Crippen LogP contribution in [0.15, 0.2) is 36.4 Å². The molecule has 0 saturated carbocycles. The molecule has 2 aromatic carbocycles. The van der Waals surface area contributed by atoms with Crippen LogP contribution in [0.1, 0.15) is 68.0 Å². The van der Waals surface area contributed by atoms with E-state index in [1.807, 2.05) is 13.8 Å². The van der Waals surface area contributed by atoms with E-state index >= 15 is 0 Å². The Kier molecular flexibility index (Phi) is 16.3. The van der Waals surface area contributed by atoms with Crippen LogP contribution in [0.25, 0.3) is 12.2 Å². The van der Waals surface area contributed by atoms with Crippen molar-refractivity contribution in [2.24, 2.45) is 5.92 Å². The zero-order valence-electron chi connectivity index (χ0n) is 36.5. The van der Waals surface area contributed by atoms with Crippen LogP contribution < -0.4 is 9.80 Å². The molecule has 2 nitrogen and oxygen atoms in total. The number of halogens is 25. The van der Waals surface area contributed by atoms with Gasteiger partial charge in [-0.25, -0.2) is 0 Å². The van der Waals surface area contributed by atoms with Crippen molar-refractivity contribution in [3.8, 4) is 0 Å². The molecule has 1 heterocycles. The van der Waals surface area contributed by atoms with Gasteiger partial charge in [0.1, 0.15) is 6.17 Å². The lowest BCUT2D eigenvalue weighted by Gasteiger charge is -2.40. The van der Waals surface area contributed by atoms with Crippen LogP contribution in [0.4, 0.5) is 121 Å². The lowest BCUT2D eigenvalue weighted by atomic mass is 9.91. The number of allylic oxidation sites excluding steroid dienone is 2. The average Bonchev–Trinajstić information content (AvgIpc) is 3.59. The van der Waals surface area contributed by atoms with Crippen molar-refractivity contribution >= 4 is 23.5 Å². The summed E-state index contributed by atoms with van der Waals surface area (Å²) in [5.74, 6) is -81.0. The number of hydrogen-bond donors (Lipinski definition) is 0. The molecule has 1 aliphatic heterocycles. The van der Waals surface area contributed by atoms with Crippen LogP contribution in [-0.4, -0.2) is 90.6 Å². The summed E-state index contributed by atoms with van der Waals surface area (Å²) >= 11 is 0. The standard InChI is InChI=1S/C39H35F25N2.C2H6/c1-18(2)27-65(25-19(3)14-23(15-20(25)4)8-10-29(42,43)32(48,49)35(54,55)34(52,53)31(46,47)28(7,40)41)12-13-66(27)26-21(5)16-24(17-22(26)6)9-11-30(44,45)33(50,51)36(56,57)37(58,59)38(60,61)39(62,63)64;1-2/h8-11,14-18,27H,12-13H2,1-7H3;1-2H3/b10-8+,11-9+;. The summed E-state index contributed by atoms with van der Waals surface area (Å²) in [7, 11) is 0. The van der Waals surface area contributed by atoms with Gasteiger partial charge in [-0.3, -0.25) is 0 Å². The molecule has 0 amide bonds. The summed E-state index contributed by atoms with van der Waals surface area (Å²) in [6, 6.07) is 4.00. The number of rotatable bonds is 16. The largest absolute Gasteiger partial charge is 0.460 e. The summed E-state index contributed by atoms with van der Waals surface area (Å²) in [5, 5.41) is 0. The third kappa shape index (κ3) is 9.52. The number of aryl methyl sites for hydroxylation is 4. The van der Waals surface area contributed by atoms with Crippen molar-refractivity contribution in [2.45, 2.75) is 140 Å². The summed E-state index contributed by atoms with van der Waals surface area (Å²) in [5.41, 5.74) is 0.166. The summed E-state index contributed by atoms with van der Waals surface area (Å²) < 4.78 is 344. The molecule has 0 bridgehead atoms. The van der Waals surface area contributed by atoms with Crippen LogP contribution in [0, 0.1) is 33.6 Å². The van der Waals surface area contributed by atoms with Crippen LogP contribution in [0.2, 0.25) is 0 Å². The summed E-state index contributed by atoms with van der Waals surface area (Å²) in [6.45, 7) is 11.8. The summed E-state index contributed by atoms with van der Waals surface area (Å²) in [4.78, 5) is 3.39. The first kappa shape index (κ1) is 59.9. The highest BCUT2D eigenvalue weighted by Gasteiger charge is 2.91. The monoisotopic (exact) mass is 1040 g/mol. The van der Waals surface area contributed by atoms with Gasteiger partial charge < -0.3 is 9.80 Å². The molecule has 2 aromatic rings. The van der Waals surface area contributed by atoms with Gasteiger partial charge in [0.05, 0.1) is 0 Å². The quantitative estimate of drug-likeness (QED) is 0.155. The normalized spacial score (nSPS) is 17.2. The van der Waals surface area contributed by atoms with Gasteiger partial charge in [-0.2, -0.15) is 110 Å². The fraction of sp³-hybridized carbons (Fsp3) is 0.610. The van der Waals surface area contributed by atoms with Gasteiger partial charge in [-0.05, 0) is 103 Å². The van der Waals surface area contributed by atoms with Gasteiger partial charge in [0.2, 0.25) is 0 Å². The van der Waals surface area contributed by atoms with Gasteiger partial charge in [0.25, 0.3) is 0 Å². The Bertz CT molecular complexity index is 1970. The molecular formula is C41H41F25N2. The number of alkyl halides is 25. The smallest absolute Gasteiger partial charge is 0.349 e. The third-order valence-electron chi connectivity index (χ3n) is 10.5. The Balaban J connectivity index is 0.00000782. The first-order valence-electron chi connectivity index (χ1n) is 19.4. The zero-order chi connectivity index (χ0) is 54.0. The predicted octanol–water partition coefficient (Wildman–Crippen LogP) is 15.9. The maximum Gasteiger partial charge on any atom is 0.460 e. The molecule has 68 heavy (non-hydrogen) atoms. The Labute approximate surface area is 371 Å². The van der Waals surface area contributed by atoms with Crippen molar-refractivity contribution in [3.63, 3.8) is 0 Å². The van der Waals surface area contributed by atoms with Gasteiger partial charge in [0.15, 0.2) is 0 Å². The molecule has 1 aliphatic rings. The minimum Gasteiger partial charge on any atom is -0.349 e. The van der Waals surface area contributed by atoms with Crippen molar-refractivity contribution in [2.75, 3.05) is 22.9 Å². The molecule has 3 rings (SSSR count). The van der Waals surface area contributed by atoms with Crippen LogP contribution in [0.3, 0.4) is 0 Å². The van der Waals surface area contributed by atoms with Gasteiger partial charge in [0, 0.05) is 31.4 Å². The minimum atomic E-state index is -8.08. The number of nitrogens with zero attached hydrogens (tertiary/aromatic N) is 2. The van der Waals surface area contributed by atoms with E-state index in [1.54, 1.807) is 23.6 Å². The number of anilines is 2. The molecular weight excluding hydrogens is 995 g/mol. The van der Waals surface area contributed by atoms with Crippen LogP contribution >= 0.6 is 0 Å². The number of hydrogen-bond acceptors (Lipinski definition) is 2. The predicted molar refractivity (Wildman–Crippen MR) is 201 cm³/mol. The van der Waals surface area contributed by atoms with E-state index in [2.05, 4.69) is 0 Å². The molecule has 0 N–H and O–H groups in total. The second kappa shape index (κ2) is 18.5. The van der Waals surface area contributed by atoms with Gasteiger partial charge in [-0.15, -0.1) is 0 Å². The van der Waals surface area contributed by atoms with E-state index < -0.39 is 114 Å². The van der Waals surface area contributed by atoms with E-state index in [4.69, 9.17) is 0 Å². The number of benzene rings is 2. The first-order chi connectivity index (χ1) is 30.1. The van der Waals surface area contributed by atoms with Crippen molar-refractivity contribution < 1.29 is 110 Å². The topological polar surface area (TPSA) is 6.48 Å². The molecule has 1 fully saturated rings. The van der Waals surface area contributed by atoms with E-state index in [1.165, 1.54) is 27.7 Å². The van der Waals surface area contributed by atoms with Gasteiger partial charge >= 0.3 is 71.3 Å². The van der Waals surface area contributed by atoms with Crippen molar-refractivity contribution in [3.05, 3.63) is 69.8 Å². The lowest BCUT2D eigenvalue weighted by molar-refractivity contribution is -0.436. The van der Waals surface area contributed by atoms with E-state index in [-0.39, 0.29) is 47.5 Å². The Morgan fingerprint density at radius 3 is 0.912 bits per heavy atom. The second-order valence-electron chi connectivity index (χ2n) is 15.9. The fourth-order valence-electron chi connectivity index (χ4n) is 7.21. The lowest BCUT2D eigenvalue weighted by Crippen LogP contribution is -2.70. The Hall–Kier alpha value is -4.23. The molecule has 390 valence electrons.